The quantitative estimate of drug-likeness (QED) is 0.196. The van der Waals surface area contributed by atoms with Crippen LogP contribution in [0.5, 0.6) is 0 Å². The van der Waals surface area contributed by atoms with Crippen molar-refractivity contribution in [2.45, 2.75) is 51.4 Å². The highest BCUT2D eigenvalue weighted by Gasteiger charge is 2.29. The summed E-state index contributed by atoms with van der Waals surface area (Å²) in [6.45, 7) is 4.63. The van der Waals surface area contributed by atoms with Crippen LogP contribution >= 0.6 is 12.6 Å². The van der Waals surface area contributed by atoms with Crippen molar-refractivity contribution in [1.82, 2.24) is 16.0 Å². The summed E-state index contributed by atoms with van der Waals surface area (Å²) in [6, 6.07) is -3.41. The van der Waals surface area contributed by atoms with Crippen molar-refractivity contribution >= 4 is 36.3 Å². The number of hydrogen-bond acceptors (Lipinski definition) is 7. The number of amides is 3. The molecular weight excluding hydrogens is 364 g/mol. The molecule has 7 N–H and O–H groups in total. The Labute approximate surface area is 157 Å². The van der Waals surface area contributed by atoms with Gasteiger partial charge in [-0.05, 0) is 19.3 Å². The summed E-state index contributed by atoms with van der Waals surface area (Å²) in [5, 5.41) is 25.3. The summed E-state index contributed by atoms with van der Waals surface area (Å²) in [5.41, 5.74) is 5.69. The maximum absolute atomic E-state index is 12.1. The number of nitrogens with one attached hydrogen (secondary N) is 3. The Hall–Kier alpha value is -1.85. The minimum absolute atomic E-state index is 0.161. The molecule has 0 bridgehead atoms. The number of aliphatic hydroxyl groups is 1. The van der Waals surface area contributed by atoms with Crippen LogP contribution in [0.25, 0.3) is 0 Å². The minimum atomic E-state index is -1.38. The normalized spacial score (nSPS) is 15.5. The molecule has 26 heavy (non-hydrogen) atoms. The first-order valence-electron chi connectivity index (χ1n) is 8.14. The highest BCUT2D eigenvalue weighted by Crippen LogP contribution is 2.02. The molecule has 3 amide bonds. The van der Waals surface area contributed by atoms with E-state index >= 15 is 0 Å². The molecule has 0 radical (unpaired) electrons. The van der Waals surface area contributed by atoms with Crippen LogP contribution in [0.1, 0.15) is 27.2 Å². The maximum Gasteiger partial charge on any atom is 0.327 e. The minimum Gasteiger partial charge on any atom is -0.480 e. The Morgan fingerprint density at radius 1 is 1.08 bits per heavy atom. The molecule has 150 valence electrons. The van der Waals surface area contributed by atoms with Gasteiger partial charge in [0.1, 0.15) is 12.1 Å². The third-order valence-corrected chi connectivity index (χ3v) is 3.73. The van der Waals surface area contributed by atoms with Crippen molar-refractivity contribution in [3.8, 4) is 0 Å². The highest BCUT2D eigenvalue weighted by atomic mass is 32.1. The summed E-state index contributed by atoms with van der Waals surface area (Å²) >= 11 is 3.81. The van der Waals surface area contributed by atoms with E-state index in [1.807, 2.05) is 13.8 Å². The van der Waals surface area contributed by atoms with Crippen LogP contribution < -0.4 is 21.7 Å². The fraction of sp³-hybridized carbons (Fsp3) is 0.733. The fourth-order valence-corrected chi connectivity index (χ4v) is 2.24. The lowest BCUT2D eigenvalue weighted by Gasteiger charge is -2.23. The van der Waals surface area contributed by atoms with E-state index in [1.165, 1.54) is 6.92 Å². The predicted octanol–water partition coefficient (Wildman–Crippen LogP) is -2.16. The average Bonchev–Trinajstić information content (AvgIpc) is 2.53. The molecular formula is C15H28N4O6S. The predicted molar refractivity (Wildman–Crippen MR) is 97.5 cm³/mol. The summed E-state index contributed by atoms with van der Waals surface area (Å²) in [7, 11) is 0. The smallest absolute Gasteiger partial charge is 0.327 e. The molecule has 0 aliphatic carbocycles. The molecule has 4 unspecified atom stereocenters. The molecule has 0 heterocycles. The SMILES string of the molecule is CC(C)CC(N)C(=O)NCC(=O)NC(C(=O)NC(CS)C(=O)O)C(C)O. The Bertz CT molecular complexity index is 514. The molecule has 0 rings (SSSR count). The largest absolute Gasteiger partial charge is 0.480 e. The molecule has 0 spiro atoms. The van der Waals surface area contributed by atoms with Crippen LogP contribution in [0, 0.1) is 5.92 Å². The van der Waals surface area contributed by atoms with Crippen LogP contribution in [0.2, 0.25) is 0 Å². The first-order valence-corrected chi connectivity index (χ1v) is 8.77. The zero-order chi connectivity index (χ0) is 20.4. The van der Waals surface area contributed by atoms with Crippen molar-refractivity contribution in [3.63, 3.8) is 0 Å². The van der Waals surface area contributed by atoms with Crippen LogP contribution in [-0.2, 0) is 19.2 Å². The number of carbonyl (C=O) groups excluding carboxylic acids is 3. The van der Waals surface area contributed by atoms with Crippen molar-refractivity contribution < 1.29 is 29.4 Å². The molecule has 0 fully saturated rings. The van der Waals surface area contributed by atoms with E-state index in [9.17, 15) is 24.3 Å². The molecule has 0 saturated heterocycles. The first-order chi connectivity index (χ1) is 12.0. The molecule has 11 heteroatoms. The Morgan fingerprint density at radius 3 is 2.08 bits per heavy atom. The van der Waals surface area contributed by atoms with Gasteiger partial charge in [-0.3, -0.25) is 14.4 Å². The number of carbonyl (C=O) groups is 4. The van der Waals surface area contributed by atoms with Crippen molar-refractivity contribution in [1.29, 1.82) is 0 Å². The van der Waals surface area contributed by atoms with Gasteiger partial charge in [-0.1, -0.05) is 13.8 Å². The van der Waals surface area contributed by atoms with Crippen molar-refractivity contribution in [3.05, 3.63) is 0 Å². The first kappa shape index (κ1) is 24.1. The molecule has 0 aliphatic heterocycles. The van der Waals surface area contributed by atoms with E-state index in [0.29, 0.717) is 6.42 Å². The van der Waals surface area contributed by atoms with Gasteiger partial charge in [-0.15, -0.1) is 0 Å². The standard InChI is InChI=1S/C15H28N4O6S/c1-7(2)4-9(16)13(22)17-5-11(21)19-12(8(3)20)14(23)18-10(6-26)15(24)25/h7-10,12,20,26H,4-6,16H2,1-3H3,(H,17,22)(H,18,23)(H,19,21)(H,24,25). The van der Waals surface area contributed by atoms with E-state index < -0.39 is 54.5 Å². The molecule has 0 aliphatic rings. The molecule has 4 atom stereocenters. The molecule has 0 saturated carbocycles. The van der Waals surface area contributed by atoms with E-state index in [0.717, 1.165) is 0 Å². The van der Waals surface area contributed by atoms with Crippen LogP contribution in [0.4, 0.5) is 0 Å². The van der Waals surface area contributed by atoms with Gasteiger partial charge in [0.15, 0.2) is 0 Å². The topological polar surface area (TPSA) is 171 Å². The molecule has 10 nitrogen and oxygen atoms in total. The summed E-state index contributed by atoms with van der Waals surface area (Å²) in [4.78, 5) is 46.7. The van der Waals surface area contributed by atoms with E-state index in [1.54, 1.807) is 0 Å². The molecule has 0 aromatic heterocycles. The van der Waals surface area contributed by atoms with Gasteiger partial charge < -0.3 is 31.9 Å². The van der Waals surface area contributed by atoms with Crippen LogP contribution in [-0.4, -0.2) is 70.4 Å². The third kappa shape index (κ3) is 9.02. The van der Waals surface area contributed by atoms with Gasteiger partial charge in [0.2, 0.25) is 17.7 Å². The zero-order valence-corrected chi connectivity index (χ0v) is 16.0. The van der Waals surface area contributed by atoms with E-state index in [2.05, 4.69) is 28.6 Å². The van der Waals surface area contributed by atoms with Gasteiger partial charge in [0.05, 0.1) is 18.7 Å². The second kappa shape index (κ2) is 11.7. The van der Waals surface area contributed by atoms with Gasteiger partial charge >= 0.3 is 5.97 Å². The summed E-state index contributed by atoms with van der Waals surface area (Å²) in [5.74, 6) is -3.36. The lowest BCUT2D eigenvalue weighted by Crippen LogP contribution is -2.57. The second-order valence-electron chi connectivity index (χ2n) is 6.32. The van der Waals surface area contributed by atoms with Crippen LogP contribution in [0.3, 0.4) is 0 Å². The average molecular weight is 392 g/mol. The zero-order valence-electron chi connectivity index (χ0n) is 15.1. The third-order valence-electron chi connectivity index (χ3n) is 3.36. The second-order valence-corrected chi connectivity index (χ2v) is 6.69. The fourth-order valence-electron chi connectivity index (χ4n) is 1.99. The van der Waals surface area contributed by atoms with Gasteiger partial charge in [0, 0.05) is 5.75 Å². The summed E-state index contributed by atoms with van der Waals surface area (Å²) < 4.78 is 0. The van der Waals surface area contributed by atoms with Gasteiger partial charge in [-0.2, -0.15) is 12.6 Å². The van der Waals surface area contributed by atoms with Gasteiger partial charge in [0.25, 0.3) is 0 Å². The Morgan fingerprint density at radius 2 is 1.65 bits per heavy atom. The number of aliphatic carboxylic acids is 1. The van der Waals surface area contributed by atoms with Gasteiger partial charge in [-0.25, -0.2) is 4.79 Å². The van der Waals surface area contributed by atoms with E-state index in [4.69, 9.17) is 10.8 Å². The number of rotatable bonds is 11. The Balaban J connectivity index is 4.66. The molecule has 0 aromatic rings. The lowest BCUT2D eigenvalue weighted by molar-refractivity contribution is -0.142. The number of carboxylic acids is 1. The number of hydrogen-bond donors (Lipinski definition) is 7. The number of thiol groups is 1. The highest BCUT2D eigenvalue weighted by molar-refractivity contribution is 7.80. The van der Waals surface area contributed by atoms with Crippen molar-refractivity contribution in [2.24, 2.45) is 11.7 Å². The Kier molecular flexibility index (Phi) is 10.9. The summed E-state index contributed by atoms with van der Waals surface area (Å²) in [6.07, 6.45) is -0.834. The van der Waals surface area contributed by atoms with E-state index in [-0.39, 0.29) is 11.7 Å². The maximum atomic E-state index is 12.1. The number of nitrogens with two attached hydrogens (primary N) is 1. The van der Waals surface area contributed by atoms with Crippen molar-refractivity contribution in [2.75, 3.05) is 12.3 Å². The number of carboxylic acid groups (broad SMARTS) is 1. The molecule has 0 aromatic carbocycles. The monoisotopic (exact) mass is 392 g/mol. The van der Waals surface area contributed by atoms with Crippen LogP contribution in [0.15, 0.2) is 0 Å². The number of aliphatic hydroxyl groups excluding tert-OH is 1. The lowest BCUT2D eigenvalue weighted by atomic mass is 10.0.